The van der Waals surface area contributed by atoms with E-state index in [1.54, 1.807) is 6.08 Å². The van der Waals surface area contributed by atoms with Gasteiger partial charge >= 0.3 is 0 Å². The number of rotatable bonds is 8. The molecule has 0 unspecified atom stereocenters. The third-order valence-electron chi connectivity index (χ3n) is 12.7. The maximum absolute atomic E-state index is 6.45. The first-order valence-corrected chi connectivity index (χ1v) is 22.6. The molecule has 0 amide bonds. The zero-order valence-electron chi connectivity index (χ0n) is 40.7. The zero-order chi connectivity index (χ0) is 45.0. The highest BCUT2D eigenvalue weighted by molar-refractivity contribution is 5.62. The number of nitrogens with zero attached hydrogens (tertiary/aromatic N) is 2. The summed E-state index contributed by atoms with van der Waals surface area (Å²) in [5, 5.41) is 0. The van der Waals surface area contributed by atoms with Crippen molar-refractivity contribution in [3.05, 3.63) is 170 Å². The fourth-order valence-electron chi connectivity index (χ4n) is 9.61. The number of benzene rings is 5. The van der Waals surface area contributed by atoms with Crippen molar-refractivity contribution >= 4 is 5.69 Å². The summed E-state index contributed by atoms with van der Waals surface area (Å²) in [5.74, 6) is 2.00. The van der Waals surface area contributed by atoms with Crippen molar-refractivity contribution in [2.45, 2.75) is 153 Å². The van der Waals surface area contributed by atoms with Gasteiger partial charge in [0.1, 0.15) is 18.2 Å². The second-order valence-corrected chi connectivity index (χ2v) is 19.6. The van der Waals surface area contributed by atoms with Gasteiger partial charge < -0.3 is 14.4 Å². The van der Waals surface area contributed by atoms with Crippen molar-refractivity contribution in [3.63, 3.8) is 0 Å². The molecule has 2 aliphatic rings. The Labute approximate surface area is 371 Å². The summed E-state index contributed by atoms with van der Waals surface area (Å²) in [6, 6.07) is 32.8. The molecule has 0 radical (unpaired) electrons. The van der Waals surface area contributed by atoms with E-state index in [0.717, 1.165) is 31.0 Å². The highest BCUT2D eigenvalue weighted by atomic mass is 16.5. The van der Waals surface area contributed by atoms with Crippen LogP contribution in [0.5, 0.6) is 11.5 Å². The number of ether oxygens (including phenoxy) is 2. The quantitative estimate of drug-likeness (QED) is 0.146. The molecule has 61 heavy (non-hydrogen) atoms. The van der Waals surface area contributed by atoms with Gasteiger partial charge in [-0.2, -0.15) is 0 Å². The Hall–Kier alpha value is -4.80. The van der Waals surface area contributed by atoms with Gasteiger partial charge in [0.25, 0.3) is 0 Å². The van der Waals surface area contributed by atoms with Crippen molar-refractivity contribution in [1.82, 2.24) is 4.90 Å². The summed E-state index contributed by atoms with van der Waals surface area (Å²) >= 11 is 0. The Morgan fingerprint density at radius 1 is 0.607 bits per heavy atom. The monoisotopic (exact) mass is 821 g/mol. The Morgan fingerprint density at radius 3 is 1.49 bits per heavy atom. The summed E-state index contributed by atoms with van der Waals surface area (Å²) in [5.41, 5.74) is 18.4. The van der Waals surface area contributed by atoms with Gasteiger partial charge in [0.2, 0.25) is 0 Å². The van der Waals surface area contributed by atoms with E-state index in [9.17, 15) is 0 Å². The Bertz CT molecular complexity index is 2280. The normalized spacial score (nSPS) is 14.1. The Kier molecular flexibility index (Phi) is 14.8. The lowest BCUT2D eigenvalue weighted by Crippen LogP contribution is -2.37. The Morgan fingerprint density at radius 2 is 1.03 bits per heavy atom. The standard InChI is InChI=1S/C52H64N2O2.C3H6.C2H6/c1-33(2)53-29-40-26-44(17-19-46(40)55-31-53)51(10,11)42-15-14-16-43(28-42)52(12,13)45-18-20-47-41(27-45)30-54(32-56-47)49-36(5)23-39(24-37(49)6)25-38-21-34(3)48(35(4)22-38)50(7,8)9;1-3-2;1-2/h14-24,26-28,33H,25,29-32H2,1-13H3;3H,1H2,2H3;1-2H3. The Balaban J connectivity index is 0.00000135. The highest BCUT2D eigenvalue weighted by Gasteiger charge is 2.31. The molecule has 0 aromatic heterocycles. The van der Waals surface area contributed by atoms with E-state index in [-0.39, 0.29) is 16.2 Å². The first-order chi connectivity index (χ1) is 28.7. The van der Waals surface area contributed by atoms with Gasteiger partial charge in [-0.1, -0.05) is 129 Å². The molecule has 4 heteroatoms. The van der Waals surface area contributed by atoms with Crippen LogP contribution in [-0.4, -0.2) is 24.4 Å². The second-order valence-electron chi connectivity index (χ2n) is 19.6. The van der Waals surface area contributed by atoms with Crippen LogP contribution < -0.4 is 14.4 Å². The van der Waals surface area contributed by atoms with E-state index in [2.05, 4.69) is 191 Å². The molecule has 0 saturated heterocycles. The van der Waals surface area contributed by atoms with Crippen molar-refractivity contribution in [2.24, 2.45) is 0 Å². The lowest BCUT2D eigenvalue weighted by Gasteiger charge is -2.35. The van der Waals surface area contributed by atoms with Crippen LogP contribution in [-0.2, 0) is 35.8 Å². The van der Waals surface area contributed by atoms with E-state index in [4.69, 9.17) is 9.47 Å². The van der Waals surface area contributed by atoms with E-state index in [1.807, 2.05) is 20.8 Å². The van der Waals surface area contributed by atoms with Crippen LogP contribution in [0.3, 0.4) is 0 Å². The van der Waals surface area contributed by atoms with Gasteiger partial charge in [-0.25, -0.2) is 0 Å². The first-order valence-electron chi connectivity index (χ1n) is 22.6. The molecule has 326 valence electrons. The molecule has 5 aromatic rings. The predicted molar refractivity (Wildman–Crippen MR) is 262 cm³/mol. The van der Waals surface area contributed by atoms with Gasteiger partial charge in [-0.3, -0.25) is 4.90 Å². The van der Waals surface area contributed by atoms with Gasteiger partial charge in [0, 0.05) is 46.8 Å². The highest BCUT2D eigenvalue weighted by Crippen LogP contribution is 2.41. The third-order valence-corrected chi connectivity index (χ3v) is 12.7. The second kappa shape index (κ2) is 19.1. The van der Waals surface area contributed by atoms with Crippen molar-refractivity contribution in [3.8, 4) is 11.5 Å². The smallest absolute Gasteiger partial charge is 0.161 e. The van der Waals surface area contributed by atoms with Crippen LogP contribution in [0.4, 0.5) is 5.69 Å². The van der Waals surface area contributed by atoms with Gasteiger partial charge in [-0.05, 0) is 146 Å². The zero-order valence-corrected chi connectivity index (χ0v) is 40.7. The molecule has 2 heterocycles. The lowest BCUT2D eigenvalue weighted by molar-refractivity contribution is 0.0685. The predicted octanol–water partition coefficient (Wildman–Crippen LogP) is 14.6. The van der Waals surface area contributed by atoms with Crippen molar-refractivity contribution in [1.29, 1.82) is 0 Å². The average molecular weight is 821 g/mol. The van der Waals surface area contributed by atoms with Crippen LogP contribution in [0.1, 0.15) is 155 Å². The molecule has 0 atom stereocenters. The third kappa shape index (κ3) is 10.3. The van der Waals surface area contributed by atoms with Crippen LogP contribution in [0.25, 0.3) is 0 Å². The van der Waals surface area contributed by atoms with Crippen molar-refractivity contribution in [2.75, 3.05) is 18.4 Å². The molecule has 0 bridgehead atoms. The van der Waals surface area contributed by atoms with E-state index >= 15 is 0 Å². The molecular formula is C57H76N2O2. The van der Waals surface area contributed by atoms with Crippen LogP contribution in [0.15, 0.2) is 97.6 Å². The fourth-order valence-corrected chi connectivity index (χ4v) is 9.61. The topological polar surface area (TPSA) is 24.9 Å². The van der Waals surface area contributed by atoms with Crippen LogP contribution >= 0.6 is 0 Å². The molecule has 4 nitrogen and oxygen atoms in total. The molecule has 0 saturated carbocycles. The molecule has 0 N–H and O–H groups in total. The minimum atomic E-state index is -0.208. The summed E-state index contributed by atoms with van der Waals surface area (Å²) in [6.45, 7) is 42.0. The SMILES string of the molecule is C=CC.CC.Cc1cc(Cc2cc(C)c(C(C)(C)C)c(C)c2)cc(C)c1N1COc2ccc(C(C)(C)c3cccc(C(C)(C)c4ccc5c(c4)CN(C(C)C)CO5)c3)cc2C1. The molecule has 0 aliphatic carbocycles. The average Bonchev–Trinajstić information content (AvgIpc) is 3.20. The van der Waals surface area contributed by atoms with E-state index in [1.165, 1.54) is 78.0 Å². The summed E-state index contributed by atoms with van der Waals surface area (Å²) in [7, 11) is 0. The van der Waals surface area contributed by atoms with Gasteiger partial charge in [0.15, 0.2) is 6.73 Å². The number of fused-ring (bicyclic) bond motifs is 2. The van der Waals surface area contributed by atoms with E-state index in [0.29, 0.717) is 19.5 Å². The molecular weight excluding hydrogens is 745 g/mol. The first kappa shape index (κ1) is 47.3. The maximum atomic E-state index is 6.45. The summed E-state index contributed by atoms with van der Waals surface area (Å²) in [4.78, 5) is 4.78. The number of hydrogen-bond acceptors (Lipinski definition) is 4. The molecule has 0 fully saturated rings. The molecule has 5 aromatic carbocycles. The largest absolute Gasteiger partial charge is 0.478 e. The van der Waals surface area contributed by atoms with Crippen LogP contribution in [0.2, 0.25) is 0 Å². The number of aryl methyl sites for hydroxylation is 4. The number of allylic oxidation sites excluding steroid dienone is 1. The molecule has 7 rings (SSSR count). The van der Waals surface area contributed by atoms with Crippen LogP contribution in [0, 0.1) is 27.7 Å². The summed E-state index contributed by atoms with van der Waals surface area (Å²) in [6.07, 6.45) is 2.68. The van der Waals surface area contributed by atoms with E-state index < -0.39 is 0 Å². The fraction of sp³-hybridized carbons (Fsp3) is 0.439. The minimum absolute atomic E-state index is 0.144. The van der Waals surface area contributed by atoms with Gasteiger partial charge in [0.05, 0.1) is 0 Å². The minimum Gasteiger partial charge on any atom is -0.478 e. The lowest BCUT2D eigenvalue weighted by atomic mass is 9.73. The van der Waals surface area contributed by atoms with Gasteiger partial charge in [-0.15, -0.1) is 6.58 Å². The summed E-state index contributed by atoms with van der Waals surface area (Å²) < 4.78 is 12.6. The number of anilines is 1. The molecule has 2 aliphatic heterocycles. The number of hydrogen-bond donors (Lipinski definition) is 0. The molecule has 0 spiro atoms. The maximum Gasteiger partial charge on any atom is 0.161 e. The van der Waals surface area contributed by atoms with Crippen molar-refractivity contribution < 1.29 is 9.47 Å².